The van der Waals surface area contributed by atoms with E-state index in [1.807, 2.05) is 43.3 Å². The summed E-state index contributed by atoms with van der Waals surface area (Å²) in [6.07, 6.45) is 0. The fraction of sp³-hybridized carbons (Fsp3) is 0.294. The van der Waals surface area contributed by atoms with Crippen molar-refractivity contribution in [1.29, 1.82) is 0 Å². The van der Waals surface area contributed by atoms with Gasteiger partial charge in [0.1, 0.15) is 12.4 Å². The second-order valence-corrected chi connectivity index (χ2v) is 9.31. The van der Waals surface area contributed by atoms with E-state index in [0.29, 0.717) is 17.4 Å². The van der Waals surface area contributed by atoms with Gasteiger partial charge < -0.3 is 18.0 Å². The Hall–Kier alpha value is -0.893. The van der Waals surface area contributed by atoms with Crippen molar-refractivity contribution >= 4 is 41.5 Å². The van der Waals surface area contributed by atoms with Crippen molar-refractivity contribution in [3.8, 4) is 5.75 Å². The van der Waals surface area contributed by atoms with Crippen LogP contribution < -0.4 is 9.92 Å². The maximum absolute atomic E-state index is 6.21. The van der Waals surface area contributed by atoms with Crippen molar-refractivity contribution in [1.82, 2.24) is 0 Å². The molecule has 24 heavy (non-hydrogen) atoms. The molecule has 0 saturated carbocycles. The standard InChI is InChI=1S/C17H20BrClO4Si/c1-12-9-14(18)17(16(10-12)24(20-2,21-3)22-4)23-11-13-7-5-6-8-15(13)19/h5-10H,11H2,1-4H3. The van der Waals surface area contributed by atoms with Crippen LogP contribution in [-0.2, 0) is 19.9 Å². The number of halogens is 2. The van der Waals surface area contributed by atoms with E-state index in [2.05, 4.69) is 15.9 Å². The average molecular weight is 432 g/mol. The van der Waals surface area contributed by atoms with Gasteiger partial charge in [-0.25, -0.2) is 0 Å². The normalized spacial score (nSPS) is 11.6. The van der Waals surface area contributed by atoms with Crippen LogP contribution in [-0.4, -0.2) is 30.1 Å². The number of benzene rings is 2. The molecule has 0 radical (unpaired) electrons. The lowest BCUT2D eigenvalue weighted by atomic mass is 10.2. The summed E-state index contributed by atoms with van der Waals surface area (Å²) in [5, 5.41) is 1.44. The molecular weight excluding hydrogens is 412 g/mol. The first-order valence-electron chi connectivity index (χ1n) is 7.29. The minimum atomic E-state index is -3.04. The van der Waals surface area contributed by atoms with Gasteiger partial charge in [0.05, 0.1) is 9.66 Å². The van der Waals surface area contributed by atoms with Crippen molar-refractivity contribution < 1.29 is 18.0 Å². The van der Waals surface area contributed by atoms with Crippen molar-refractivity contribution in [2.24, 2.45) is 0 Å². The van der Waals surface area contributed by atoms with Crippen LogP contribution in [0.3, 0.4) is 0 Å². The maximum Gasteiger partial charge on any atom is 0.540 e. The molecule has 0 N–H and O–H groups in total. The summed E-state index contributed by atoms with van der Waals surface area (Å²) in [7, 11) is 1.69. The molecule has 2 aromatic rings. The molecule has 0 spiro atoms. The SMILES string of the molecule is CO[Si](OC)(OC)c1cc(C)cc(Br)c1OCc1ccccc1Cl. The highest BCUT2D eigenvalue weighted by Gasteiger charge is 2.44. The van der Waals surface area contributed by atoms with Gasteiger partial charge in [0.15, 0.2) is 0 Å². The smallest absolute Gasteiger partial charge is 0.488 e. The Bertz CT molecular complexity index is 699. The molecule has 0 aliphatic carbocycles. The molecule has 0 atom stereocenters. The summed E-state index contributed by atoms with van der Waals surface area (Å²) in [5.74, 6) is 0.637. The van der Waals surface area contributed by atoms with Gasteiger partial charge in [0, 0.05) is 31.9 Å². The number of aryl methyl sites for hydroxylation is 1. The third kappa shape index (κ3) is 4.01. The van der Waals surface area contributed by atoms with Crippen molar-refractivity contribution in [2.75, 3.05) is 21.3 Å². The lowest BCUT2D eigenvalue weighted by Gasteiger charge is -2.27. The topological polar surface area (TPSA) is 36.9 Å². The fourth-order valence-corrected chi connectivity index (χ4v) is 5.56. The Morgan fingerprint density at radius 3 is 2.25 bits per heavy atom. The van der Waals surface area contributed by atoms with Crippen molar-refractivity contribution in [2.45, 2.75) is 13.5 Å². The summed E-state index contributed by atoms with van der Waals surface area (Å²) in [5.41, 5.74) is 1.95. The molecule has 0 amide bonds. The van der Waals surface area contributed by atoms with E-state index in [0.717, 1.165) is 20.8 Å². The highest BCUT2D eigenvalue weighted by Crippen LogP contribution is 2.29. The van der Waals surface area contributed by atoms with E-state index in [9.17, 15) is 0 Å². The Morgan fingerprint density at radius 2 is 1.67 bits per heavy atom. The molecule has 130 valence electrons. The summed E-state index contributed by atoms with van der Waals surface area (Å²) in [4.78, 5) is 0. The molecule has 0 heterocycles. The molecule has 0 bridgehead atoms. The third-order valence-electron chi connectivity index (χ3n) is 3.65. The first-order valence-corrected chi connectivity index (χ1v) is 10.2. The van der Waals surface area contributed by atoms with Crippen LogP contribution in [0, 0.1) is 6.92 Å². The molecular formula is C17H20BrClO4Si. The van der Waals surface area contributed by atoms with Crippen LogP contribution in [0.1, 0.15) is 11.1 Å². The monoisotopic (exact) mass is 430 g/mol. The lowest BCUT2D eigenvalue weighted by Crippen LogP contribution is -2.55. The van der Waals surface area contributed by atoms with Gasteiger partial charge in [0.25, 0.3) is 0 Å². The first-order chi connectivity index (χ1) is 11.5. The fourth-order valence-electron chi connectivity index (χ4n) is 2.45. The van der Waals surface area contributed by atoms with Crippen LogP contribution in [0.5, 0.6) is 5.75 Å². The molecule has 0 aliphatic heterocycles. The zero-order chi connectivity index (χ0) is 17.7. The second-order valence-electron chi connectivity index (χ2n) is 5.17. The average Bonchev–Trinajstić information content (AvgIpc) is 2.57. The molecule has 7 heteroatoms. The van der Waals surface area contributed by atoms with Crippen LogP contribution >= 0.6 is 27.5 Å². The van der Waals surface area contributed by atoms with Gasteiger partial charge in [-0.2, -0.15) is 0 Å². The highest BCUT2D eigenvalue weighted by molar-refractivity contribution is 9.10. The molecule has 4 nitrogen and oxygen atoms in total. The Labute approximate surface area is 157 Å². The number of hydrogen-bond acceptors (Lipinski definition) is 4. The largest absolute Gasteiger partial charge is 0.540 e. The van der Waals surface area contributed by atoms with E-state index in [1.165, 1.54) is 0 Å². The molecule has 0 unspecified atom stereocenters. The molecule has 0 saturated heterocycles. The van der Waals surface area contributed by atoms with Crippen LogP contribution in [0.15, 0.2) is 40.9 Å². The predicted molar refractivity (Wildman–Crippen MR) is 101 cm³/mol. The highest BCUT2D eigenvalue weighted by atomic mass is 79.9. The quantitative estimate of drug-likeness (QED) is 0.619. The zero-order valence-electron chi connectivity index (χ0n) is 14.1. The van der Waals surface area contributed by atoms with Gasteiger partial charge in [-0.3, -0.25) is 0 Å². The third-order valence-corrected chi connectivity index (χ3v) is 7.26. The van der Waals surface area contributed by atoms with Crippen molar-refractivity contribution in [3.05, 3.63) is 57.0 Å². The van der Waals surface area contributed by atoms with Gasteiger partial charge in [-0.15, -0.1) is 0 Å². The van der Waals surface area contributed by atoms with Crippen LogP contribution in [0.2, 0.25) is 5.02 Å². The molecule has 0 aromatic heterocycles. The first kappa shape index (κ1) is 19.4. The minimum absolute atomic E-state index is 0.329. The lowest BCUT2D eigenvalue weighted by molar-refractivity contribution is 0.139. The zero-order valence-corrected chi connectivity index (χ0v) is 17.4. The number of hydrogen-bond donors (Lipinski definition) is 0. The Morgan fingerprint density at radius 1 is 1.04 bits per heavy atom. The molecule has 2 aromatic carbocycles. The van der Waals surface area contributed by atoms with E-state index in [1.54, 1.807) is 21.3 Å². The number of rotatable bonds is 7. The van der Waals surface area contributed by atoms with E-state index in [-0.39, 0.29) is 0 Å². The molecule has 0 aliphatic rings. The minimum Gasteiger partial charge on any atom is -0.488 e. The molecule has 2 rings (SSSR count). The molecule has 0 fully saturated rings. The summed E-state index contributed by atoms with van der Waals surface area (Å²) in [6.45, 7) is 2.32. The summed E-state index contributed by atoms with van der Waals surface area (Å²) in [6, 6.07) is 11.5. The van der Waals surface area contributed by atoms with E-state index < -0.39 is 8.80 Å². The van der Waals surface area contributed by atoms with Crippen LogP contribution in [0.4, 0.5) is 0 Å². The number of ether oxygens (including phenoxy) is 1. The van der Waals surface area contributed by atoms with Gasteiger partial charge in [-0.05, 0) is 46.6 Å². The van der Waals surface area contributed by atoms with Gasteiger partial charge >= 0.3 is 8.80 Å². The van der Waals surface area contributed by atoms with Gasteiger partial charge in [-0.1, -0.05) is 29.8 Å². The Balaban J connectivity index is 2.44. The van der Waals surface area contributed by atoms with Crippen LogP contribution in [0.25, 0.3) is 0 Å². The summed E-state index contributed by atoms with van der Waals surface area (Å²) >= 11 is 9.78. The van der Waals surface area contributed by atoms with E-state index >= 15 is 0 Å². The van der Waals surface area contributed by atoms with Gasteiger partial charge in [0.2, 0.25) is 0 Å². The predicted octanol–water partition coefficient (Wildman–Crippen LogP) is 4.08. The maximum atomic E-state index is 6.21. The Kier molecular flexibility index (Phi) is 6.85. The van der Waals surface area contributed by atoms with E-state index in [4.69, 9.17) is 29.6 Å². The van der Waals surface area contributed by atoms with Crippen molar-refractivity contribution in [3.63, 3.8) is 0 Å². The summed E-state index contributed by atoms with van der Waals surface area (Å²) < 4.78 is 23.7. The second kappa shape index (κ2) is 8.47.